The van der Waals surface area contributed by atoms with Gasteiger partial charge in [-0.05, 0) is 49.6 Å². The van der Waals surface area contributed by atoms with E-state index in [1.165, 1.54) is 4.31 Å². The molecule has 5 nitrogen and oxygen atoms in total. The zero-order valence-corrected chi connectivity index (χ0v) is 20.6. The van der Waals surface area contributed by atoms with Gasteiger partial charge in [-0.15, -0.1) is 0 Å². The monoisotopic (exact) mass is 488 g/mol. The van der Waals surface area contributed by atoms with Crippen LogP contribution in [-0.2, 0) is 20.6 Å². The van der Waals surface area contributed by atoms with Gasteiger partial charge < -0.3 is 5.32 Å². The predicted octanol–water partition coefficient (Wildman–Crippen LogP) is 4.73. The Morgan fingerprint density at radius 2 is 1.70 bits per heavy atom. The molecule has 0 radical (unpaired) electrons. The second kappa shape index (κ2) is 10.8. The van der Waals surface area contributed by atoms with Gasteiger partial charge in [0.15, 0.2) is 0 Å². The largest absolute Gasteiger partial charge is 0.354 e. The van der Waals surface area contributed by atoms with Crippen LogP contribution in [0, 0.1) is 20.8 Å². The number of rotatable bonds is 9. The Kier molecular flexibility index (Phi) is 8.91. The van der Waals surface area contributed by atoms with Gasteiger partial charge >= 0.3 is 0 Å². The quantitative estimate of drug-likeness (QED) is 0.517. The highest BCUT2D eigenvalue weighted by Gasteiger charge is 2.24. The molecule has 0 unspecified atom stereocenters. The van der Waals surface area contributed by atoms with Gasteiger partial charge in [0.05, 0.1) is 22.0 Å². The average molecular weight is 489 g/mol. The fourth-order valence-electron chi connectivity index (χ4n) is 3.20. The van der Waals surface area contributed by atoms with Crippen LogP contribution in [0.5, 0.6) is 0 Å². The number of aryl methyl sites for hydroxylation is 3. The van der Waals surface area contributed by atoms with E-state index in [4.69, 9.17) is 23.2 Å². The van der Waals surface area contributed by atoms with Crippen LogP contribution in [0.4, 0.5) is 5.69 Å². The molecule has 2 aromatic carbocycles. The van der Waals surface area contributed by atoms with Crippen molar-refractivity contribution in [1.82, 2.24) is 5.32 Å². The van der Waals surface area contributed by atoms with Gasteiger partial charge in [-0.25, -0.2) is 8.42 Å². The maximum atomic E-state index is 12.4. The minimum absolute atomic E-state index is 0.249. The van der Waals surface area contributed by atoms with Gasteiger partial charge in [0.2, 0.25) is 15.9 Å². The topological polar surface area (TPSA) is 66.5 Å². The van der Waals surface area contributed by atoms with Crippen LogP contribution in [0.3, 0.4) is 0 Å². The lowest BCUT2D eigenvalue weighted by Crippen LogP contribution is -2.41. The first-order chi connectivity index (χ1) is 14.0. The van der Waals surface area contributed by atoms with E-state index in [1.807, 2.05) is 45.0 Å². The average Bonchev–Trinajstić information content (AvgIpc) is 2.62. The van der Waals surface area contributed by atoms with Crippen LogP contribution in [0.1, 0.15) is 22.3 Å². The molecule has 0 aromatic heterocycles. The molecule has 0 aliphatic carbocycles. The Morgan fingerprint density at radius 3 is 2.27 bits per heavy atom. The van der Waals surface area contributed by atoms with E-state index in [0.29, 0.717) is 28.0 Å². The number of benzene rings is 2. The van der Waals surface area contributed by atoms with Gasteiger partial charge in [0.1, 0.15) is 6.54 Å². The van der Waals surface area contributed by atoms with Crippen LogP contribution in [0.2, 0.25) is 10.0 Å². The number of carbonyl (C=O) groups is 1. The van der Waals surface area contributed by atoms with Crippen LogP contribution in [0.15, 0.2) is 30.3 Å². The van der Waals surface area contributed by atoms with E-state index in [2.05, 4.69) is 5.32 Å². The number of nitrogens with zero attached hydrogens (tertiary/aromatic N) is 1. The Bertz CT molecular complexity index is 1000. The summed E-state index contributed by atoms with van der Waals surface area (Å²) in [6.45, 7) is 5.85. The molecule has 0 aliphatic heterocycles. The molecule has 30 heavy (non-hydrogen) atoms. The number of hydrogen-bond acceptors (Lipinski definition) is 4. The Labute approximate surface area is 193 Å². The van der Waals surface area contributed by atoms with Gasteiger partial charge in [-0.1, -0.05) is 47.0 Å². The number of halogens is 2. The highest BCUT2D eigenvalue weighted by Crippen LogP contribution is 2.28. The van der Waals surface area contributed by atoms with Gasteiger partial charge in [0.25, 0.3) is 0 Å². The lowest BCUT2D eigenvalue weighted by atomic mass is 10.1. The third-order valence-electron chi connectivity index (χ3n) is 4.39. The van der Waals surface area contributed by atoms with Crippen molar-refractivity contribution in [2.24, 2.45) is 0 Å². The van der Waals surface area contributed by atoms with E-state index in [0.717, 1.165) is 34.3 Å². The maximum absolute atomic E-state index is 12.4. The first kappa shape index (κ1) is 24.9. The number of amides is 1. The summed E-state index contributed by atoms with van der Waals surface area (Å²) >= 11 is 13.6. The van der Waals surface area contributed by atoms with Crippen LogP contribution >= 0.6 is 35.0 Å². The Hall–Kier alpha value is -1.41. The van der Waals surface area contributed by atoms with E-state index in [1.54, 1.807) is 17.8 Å². The molecule has 1 amide bonds. The molecule has 0 fully saturated rings. The first-order valence-electron chi connectivity index (χ1n) is 9.33. The number of hydrogen-bond donors (Lipinski definition) is 1. The molecule has 0 aliphatic rings. The molecule has 0 saturated heterocycles. The van der Waals surface area contributed by atoms with Crippen molar-refractivity contribution in [3.63, 3.8) is 0 Å². The Balaban J connectivity index is 1.92. The van der Waals surface area contributed by atoms with Crippen LogP contribution in [0.25, 0.3) is 0 Å². The van der Waals surface area contributed by atoms with Crippen molar-refractivity contribution in [2.75, 3.05) is 29.4 Å². The molecule has 0 saturated carbocycles. The van der Waals surface area contributed by atoms with Crippen molar-refractivity contribution in [1.29, 1.82) is 0 Å². The van der Waals surface area contributed by atoms with Gasteiger partial charge in [-0.3, -0.25) is 9.10 Å². The second-order valence-corrected chi connectivity index (χ2v) is 11.0. The molecule has 0 heterocycles. The molecule has 9 heteroatoms. The van der Waals surface area contributed by atoms with Gasteiger partial charge in [-0.2, -0.15) is 11.8 Å². The SMILES string of the molecule is Cc1cc(C)c(N(CC(=O)NCCSCc2ccc(Cl)c(Cl)c2)S(C)(=O)=O)c(C)c1. The minimum Gasteiger partial charge on any atom is -0.354 e. The summed E-state index contributed by atoms with van der Waals surface area (Å²) in [5, 5.41) is 3.84. The lowest BCUT2D eigenvalue weighted by molar-refractivity contribution is -0.119. The standard InChI is InChI=1S/C21H26Cl2N2O3S2/c1-14-9-15(2)21(16(3)10-14)25(30(4,27)28)12-20(26)24-7-8-29-13-17-5-6-18(22)19(23)11-17/h5-6,9-11H,7-8,12-13H2,1-4H3,(H,24,26). The second-order valence-electron chi connectivity index (χ2n) is 7.17. The molecular weight excluding hydrogens is 463 g/mol. The van der Waals surface area contributed by atoms with E-state index in [9.17, 15) is 13.2 Å². The number of thioether (sulfide) groups is 1. The summed E-state index contributed by atoms with van der Waals surface area (Å²) < 4.78 is 25.9. The summed E-state index contributed by atoms with van der Waals surface area (Å²) in [6.07, 6.45) is 1.12. The maximum Gasteiger partial charge on any atom is 0.240 e. The van der Waals surface area contributed by atoms with Crippen molar-refractivity contribution in [2.45, 2.75) is 26.5 Å². The van der Waals surface area contributed by atoms with Crippen molar-refractivity contribution < 1.29 is 13.2 Å². The lowest BCUT2D eigenvalue weighted by Gasteiger charge is -2.26. The molecule has 2 rings (SSSR count). The van der Waals surface area contributed by atoms with Crippen LogP contribution < -0.4 is 9.62 Å². The zero-order chi connectivity index (χ0) is 22.5. The fourth-order valence-corrected chi connectivity index (χ4v) is 5.29. The van der Waals surface area contributed by atoms with Gasteiger partial charge in [0, 0.05) is 18.1 Å². The first-order valence-corrected chi connectivity index (χ1v) is 13.1. The fraction of sp³-hybridized carbons (Fsp3) is 0.381. The third-order valence-corrected chi connectivity index (χ3v) is 7.28. The molecule has 0 atom stereocenters. The molecule has 0 bridgehead atoms. The van der Waals surface area contributed by atoms with Crippen LogP contribution in [-0.4, -0.2) is 39.4 Å². The summed E-state index contributed by atoms with van der Waals surface area (Å²) in [5.74, 6) is 1.09. The highest BCUT2D eigenvalue weighted by molar-refractivity contribution is 7.98. The number of nitrogens with one attached hydrogen (secondary N) is 1. The van der Waals surface area contributed by atoms with Crippen molar-refractivity contribution in [3.05, 3.63) is 62.6 Å². The molecule has 164 valence electrons. The summed E-state index contributed by atoms with van der Waals surface area (Å²) in [4.78, 5) is 12.4. The molecule has 2 aromatic rings. The number of anilines is 1. The Morgan fingerprint density at radius 1 is 1.07 bits per heavy atom. The van der Waals surface area contributed by atoms with E-state index in [-0.39, 0.29) is 12.5 Å². The zero-order valence-electron chi connectivity index (χ0n) is 17.5. The summed E-state index contributed by atoms with van der Waals surface area (Å²) in [6, 6.07) is 9.33. The highest BCUT2D eigenvalue weighted by atomic mass is 35.5. The van der Waals surface area contributed by atoms with E-state index < -0.39 is 10.0 Å². The third kappa shape index (κ3) is 7.08. The molecule has 1 N–H and O–H groups in total. The number of carbonyl (C=O) groups excluding carboxylic acids is 1. The van der Waals surface area contributed by atoms with E-state index >= 15 is 0 Å². The minimum atomic E-state index is -3.61. The molecular formula is C21H26Cl2N2O3S2. The van der Waals surface area contributed by atoms with Crippen molar-refractivity contribution >= 4 is 56.6 Å². The number of sulfonamides is 1. The molecule has 0 spiro atoms. The van der Waals surface area contributed by atoms with Crippen molar-refractivity contribution in [3.8, 4) is 0 Å². The normalized spacial score (nSPS) is 11.4. The predicted molar refractivity (Wildman–Crippen MR) is 128 cm³/mol. The summed E-state index contributed by atoms with van der Waals surface area (Å²) in [5.41, 5.74) is 4.30. The summed E-state index contributed by atoms with van der Waals surface area (Å²) in [7, 11) is -3.61. The smallest absolute Gasteiger partial charge is 0.240 e.